The van der Waals surface area contributed by atoms with Gasteiger partial charge in [-0.25, -0.2) is 9.59 Å². The van der Waals surface area contributed by atoms with Crippen molar-refractivity contribution in [3.8, 4) is 23.0 Å². The molecule has 48 heavy (non-hydrogen) atoms. The topological polar surface area (TPSA) is 95.1 Å². The molecule has 262 valence electrons. The predicted octanol–water partition coefficient (Wildman–Crippen LogP) is 11.6. The summed E-state index contributed by atoms with van der Waals surface area (Å²) in [5.74, 6) is -10.2. The first-order valence-corrected chi connectivity index (χ1v) is 16.5. The van der Waals surface area contributed by atoms with Crippen molar-refractivity contribution in [2.24, 2.45) is 0 Å². The number of halogens is 4. The summed E-state index contributed by atoms with van der Waals surface area (Å²) in [5.41, 5.74) is 0.618. The normalized spacial score (nSPS) is 10.8. The average Bonchev–Trinajstić information content (AvgIpc) is 3.08. The standard InChI is InChI=1S/C36H44F4N2O6/c1-3-5-7-9-11-13-23-45-35(43)41-25-15-19-27(20-16-25)47-33-29(37)31(39)34(32(40)30(33)38)48-28-21-17-26(18-22-28)42-36(44)46-24-14-12-10-8-6-4-2/h15-22H,3-14,23-24H2,1-2H3,(H,41,43)(H,42,44). The largest absolute Gasteiger partial charge is 0.451 e. The molecular weight excluding hydrogens is 632 g/mol. The molecule has 0 spiro atoms. The second kappa shape index (κ2) is 20.7. The van der Waals surface area contributed by atoms with Gasteiger partial charge in [0.05, 0.1) is 13.2 Å². The van der Waals surface area contributed by atoms with Gasteiger partial charge >= 0.3 is 12.2 Å². The lowest BCUT2D eigenvalue weighted by molar-refractivity contribution is 0.158. The van der Waals surface area contributed by atoms with Crippen molar-refractivity contribution in [2.45, 2.75) is 90.9 Å². The summed E-state index contributed by atoms with van der Waals surface area (Å²) in [4.78, 5) is 24.0. The van der Waals surface area contributed by atoms with Crippen molar-refractivity contribution in [3.63, 3.8) is 0 Å². The molecule has 0 unspecified atom stereocenters. The van der Waals surface area contributed by atoms with Crippen LogP contribution in [0.5, 0.6) is 23.0 Å². The van der Waals surface area contributed by atoms with E-state index in [1.165, 1.54) is 61.4 Å². The van der Waals surface area contributed by atoms with Crippen LogP contribution in [-0.4, -0.2) is 25.4 Å². The highest BCUT2D eigenvalue weighted by Crippen LogP contribution is 2.39. The molecule has 0 aromatic heterocycles. The number of benzene rings is 3. The molecule has 0 aliphatic carbocycles. The van der Waals surface area contributed by atoms with Crippen molar-refractivity contribution >= 4 is 23.6 Å². The van der Waals surface area contributed by atoms with Gasteiger partial charge in [-0.1, -0.05) is 78.1 Å². The van der Waals surface area contributed by atoms with E-state index in [0.717, 1.165) is 64.2 Å². The van der Waals surface area contributed by atoms with Crippen LogP contribution in [0.1, 0.15) is 90.9 Å². The van der Waals surface area contributed by atoms with Gasteiger partial charge in [-0.3, -0.25) is 10.6 Å². The van der Waals surface area contributed by atoms with Crippen LogP contribution in [0.3, 0.4) is 0 Å². The fraction of sp³-hybridized carbons (Fsp3) is 0.444. The van der Waals surface area contributed by atoms with Crippen molar-refractivity contribution in [2.75, 3.05) is 23.8 Å². The summed E-state index contributed by atoms with van der Waals surface area (Å²) >= 11 is 0. The van der Waals surface area contributed by atoms with Crippen molar-refractivity contribution in [1.29, 1.82) is 0 Å². The second-order valence-electron chi connectivity index (χ2n) is 11.2. The third-order valence-electron chi connectivity index (χ3n) is 7.29. The zero-order chi connectivity index (χ0) is 34.7. The fourth-order valence-electron chi connectivity index (χ4n) is 4.62. The molecule has 0 bridgehead atoms. The first-order chi connectivity index (χ1) is 23.2. The van der Waals surface area contributed by atoms with Gasteiger partial charge in [0.1, 0.15) is 11.5 Å². The second-order valence-corrected chi connectivity index (χ2v) is 11.2. The van der Waals surface area contributed by atoms with Gasteiger partial charge in [-0.05, 0) is 61.4 Å². The minimum atomic E-state index is -1.81. The Morgan fingerprint density at radius 1 is 0.500 bits per heavy atom. The molecule has 3 aromatic rings. The summed E-state index contributed by atoms with van der Waals surface area (Å²) < 4.78 is 80.0. The quantitative estimate of drug-likeness (QED) is 0.0702. The van der Waals surface area contributed by atoms with Gasteiger partial charge in [-0.2, -0.15) is 17.6 Å². The minimum Gasteiger partial charge on any atom is -0.451 e. The van der Waals surface area contributed by atoms with E-state index in [0.29, 0.717) is 11.4 Å². The first-order valence-electron chi connectivity index (χ1n) is 16.5. The van der Waals surface area contributed by atoms with Crippen molar-refractivity contribution in [1.82, 2.24) is 0 Å². The van der Waals surface area contributed by atoms with E-state index >= 15 is 0 Å². The summed E-state index contributed by atoms with van der Waals surface area (Å²) in [6.45, 7) is 4.81. The molecule has 3 rings (SSSR count). The number of unbranched alkanes of at least 4 members (excludes halogenated alkanes) is 10. The third-order valence-corrected chi connectivity index (χ3v) is 7.29. The zero-order valence-corrected chi connectivity index (χ0v) is 27.5. The first kappa shape index (κ1) is 38.0. The maximum atomic E-state index is 14.9. The lowest BCUT2D eigenvalue weighted by atomic mass is 10.1. The molecule has 0 fully saturated rings. The maximum absolute atomic E-state index is 14.9. The molecule has 2 amide bonds. The molecule has 2 N–H and O–H groups in total. The lowest BCUT2D eigenvalue weighted by Crippen LogP contribution is -2.14. The Morgan fingerprint density at radius 3 is 1.15 bits per heavy atom. The molecule has 0 aliphatic heterocycles. The van der Waals surface area contributed by atoms with Crippen LogP contribution in [0.4, 0.5) is 38.5 Å². The van der Waals surface area contributed by atoms with Gasteiger partial charge in [0.25, 0.3) is 0 Å². The van der Waals surface area contributed by atoms with Crippen molar-refractivity contribution in [3.05, 3.63) is 71.8 Å². The van der Waals surface area contributed by atoms with E-state index in [1.807, 2.05) is 0 Å². The fourth-order valence-corrected chi connectivity index (χ4v) is 4.62. The minimum absolute atomic E-state index is 0.153. The summed E-state index contributed by atoms with van der Waals surface area (Å²) in [5, 5.41) is 5.03. The van der Waals surface area contributed by atoms with Crippen LogP contribution < -0.4 is 20.1 Å². The van der Waals surface area contributed by atoms with Gasteiger partial charge in [0, 0.05) is 11.4 Å². The summed E-state index contributed by atoms with van der Waals surface area (Å²) in [6, 6.07) is 10.5. The number of ether oxygens (including phenoxy) is 4. The molecule has 0 radical (unpaired) electrons. The lowest BCUT2D eigenvalue weighted by Gasteiger charge is -2.14. The molecule has 0 saturated carbocycles. The zero-order valence-electron chi connectivity index (χ0n) is 27.5. The van der Waals surface area contributed by atoms with E-state index < -0.39 is 47.0 Å². The van der Waals surface area contributed by atoms with Crippen LogP contribution in [0, 0.1) is 23.3 Å². The molecule has 12 heteroatoms. The SMILES string of the molecule is CCCCCCCCOC(=O)Nc1ccc(Oc2c(F)c(F)c(Oc3ccc(NC(=O)OCCCCCCCC)cc3)c(F)c2F)cc1. The van der Waals surface area contributed by atoms with E-state index in [1.54, 1.807) is 0 Å². The Labute approximate surface area is 279 Å². The van der Waals surface area contributed by atoms with E-state index in [-0.39, 0.29) is 24.7 Å². The van der Waals surface area contributed by atoms with Crippen LogP contribution in [0.15, 0.2) is 48.5 Å². The average molecular weight is 677 g/mol. The Morgan fingerprint density at radius 2 is 0.812 bits per heavy atom. The number of carbonyl (C=O) groups excluding carboxylic acids is 2. The van der Waals surface area contributed by atoms with Crippen molar-refractivity contribution < 1.29 is 46.1 Å². The van der Waals surface area contributed by atoms with E-state index in [4.69, 9.17) is 18.9 Å². The Balaban J connectivity index is 1.51. The number of amides is 2. The van der Waals surface area contributed by atoms with Gasteiger partial charge in [-0.15, -0.1) is 0 Å². The van der Waals surface area contributed by atoms with Gasteiger partial charge < -0.3 is 18.9 Å². The molecule has 3 aromatic carbocycles. The molecule has 0 aliphatic rings. The molecule has 0 heterocycles. The maximum Gasteiger partial charge on any atom is 0.411 e. The number of carbonyl (C=O) groups is 2. The number of rotatable bonds is 20. The summed E-state index contributed by atoms with van der Waals surface area (Å²) in [6.07, 6.45) is 11.2. The highest BCUT2D eigenvalue weighted by atomic mass is 19.2. The Kier molecular flexibility index (Phi) is 16.4. The highest BCUT2D eigenvalue weighted by molar-refractivity contribution is 5.85. The smallest absolute Gasteiger partial charge is 0.411 e. The molecule has 0 saturated heterocycles. The van der Waals surface area contributed by atoms with Crippen LogP contribution in [-0.2, 0) is 9.47 Å². The monoisotopic (exact) mass is 676 g/mol. The summed E-state index contributed by atoms with van der Waals surface area (Å²) in [7, 11) is 0. The Hall–Kier alpha value is -4.48. The van der Waals surface area contributed by atoms with Crippen LogP contribution in [0.2, 0.25) is 0 Å². The third kappa shape index (κ3) is 12.6. The number of hydrogen-bond donors (Lipinski definition) is 2. The molecule has 8 nitrogen and oxygen atoms in total. The molecule has 0 atom stereocenters. The van der Waals surface area contributed by atoms with E-state index in [9.17, 15) is 27.2 Å². The van der Waals surface area contributed by atoms with E-state index in [2.05, 4.69) is 24.5 Å². The number of hydrogen-bond acceptors (Lipinski definition) is 6. The van der Waals surface area contributed by atoms with Gasteiger partial charge in [0.2, 0.25) is 34.8 Å². The molecular formula is C36H44F4N2O6. The van der Waals surface area contributed by atoms with Gasteiger partial charge in [0.15, 0.2) is 0 Å². The highest BCUT2D eigenvalue weighted by Gasteiger charge is 2.29. The predicted molar refractivity (Wildman–Crippen MR) is 176 cm³/mol. The number of anilines is 2. The Bertz CT molecular complexity index is 1300. The van der Waals surface area contributed by atoms with Crippen LogP contribution in [0.25, 0.3) is 0 Å². The number of nitrogens with one attached hydrogen (secondary N) is 2. The van der Waals surface area contributed by atoms with Crippen LogP contribution >= 0.6 is 0 Å².